The van der Waals surface area contributed by atoms with Crippen LogP contribution < -0.4 is 5.32 Å². The second-order valence-electron chi connectivity index (χ2n) is 6.42. The first kappa shape index (κ1) is 15.8. The molecule has 1 N–H and O–H groups in total. The molecule has 8 nitrogen and oxygen atoms in total. The van der Waals surface area contributed by atoms with Gasteiger partial charge in [0.1, 0.15) is 11.9 Å². The molecule has 0 saturated carbocycles. The van der Waals surface area contributed by atoms with Crippen molar-refractivity contribution in [2.24, 2.45) is 14.1 Å². The third kappa shape index (κ3) is 2.58. The number of hydrogen-bond acceptors (Lipinski definition) is 5. The van der Waals surface area contributed by atoms with Gasteiger partial charge in [-0.1, -0.05) is 0 Å². The van der Waals surface area contributed by atoms with Crippen molar-refractivity contribution >= 4 is 16.9 Å². The van der Waals surface area contributed by atoms with Crippen LogP contribution in [-0.2, 0) is 14.1 Å². The van der Waals surface area contributed by atoms with Crippen molar-refractivity contribution in [3.8, 4) is 0 Å². The molecule has 1 atom stereocenters. The molecule has 0 aliphatic carbocycles. The van der Waals surface area contributed by atoms with Gasteiger partial charge in [0.05, 0.1) is 11.3 Å². The highest BCUT2D eigenvalue weighted by atomic mass is 16.2. The molecule has 1 aliphatic rings. The van der Waals surface area contributed by atoms with E-state index in [2.05, 4.69) is 20.4 Å². The molecule has 1 amide bonds. The molecule has 8 heteroatoms. The largest absolute Gasteiger partial charge is 0.336 e. The van der Waals surface area contributed by atoms with Crippen LogP contribution in [0.5, 0.6) is 0 Å². The molecule has 4 heterocycles. The molecule has 130 valence electrons. The molecule has 3 aromatic rings. The van der Waals surface area contributed by atoms with Crippen LogP contribution in [0.1, 0.15) is 27.9 Å². The van der Waals surface area contributed by atoms with Crippen LogP contribution in [0.15, 0.2) is 24.7 Å². The lowest BCUT2D eigenvalue weighted by atomic mass is 10.1. The van der Waals surface area contributed by atoms with Gasteiger partial charge in [0.15, 0.2) is 5.65 Å². The summed E-state index contributed by atoms with van der Waals surface area (Å²) in [6, 6.07) is 1.80. The van der Waals surface area contributed by atoms with Gasteiger partial charge in [0.25, 0.3) is 5.91 Å². The summed E-state index contributed by atoms with van der Waals surface area (Å²) < 4.78 is 3.70. The number of amides is 1. The van der Waals surface area contributed by atoms with Gasteiger partial charge in [0, 0.05) is 57.7 Å². The second kappa shape index (κ2) is 5.96. The Hall–Kier alpha value is -2.74. The van der Waals surface area contributed by atoms with Gasteiger partial charge in [0.2, 0.25) is 0 Å². The highest BCUT2D eigenvalue weighted by molar-refractivity contribution is 5.97. The van der Waals surface area contributed by atoms with Crippen molar-refractivity contribution in [2.45, 2.75) is 13.0 Å². The lowest BCUT2D eigenvalue weighted by Gasteiger charge is -2.35. The van der Waals surface area contributed by atoms with Crippen molar-refractivity contribution < 1.29 is 4.79 Å². The number of pyridine rings is 1. The molecule has 4 rings (SSSR count). The summed E-state index contributed by atoms with van der Waals surface area (Å²) >= 11 is 0. The number of piperazine rings is 1. The number of aryl methyl sites for hydroxylation is 3. The fraction of sp³-hybridized carbons (Fsp3) is 0.412. The van der Waals surface area contributed by atoms with Crippen LogP contribution in [0.2, 0.25) is 0 Å². The summed E-state index contributed by atoms with van der Waals surface area (Å²) in [4.78, 5) is 23.9. The Bertz CT molecular complexity index is 942. The minimum absolute atomic E-state index is 0.0212. The van der Waals surface area contributed by atoms with E-state index >= 15 is 0 Å². The van der Waals surface area contributed by atoms with Crippen LogP contribution in [0.3, 0.4) is 0 Å². The highest BCUT2D eigenvalue weighted by Crippen LogP contribution is 2.24. The predicted molar refractivity (Wildman–Crippen MR) is 93.1 cm³/mol. The smallest absolute Gasteiger partial charge is 0.256 e. The second-order valence-corrected chi connectivity index (χ2v) is 6.42. The van der Waals surface area contributed by atoms with E-state index in [4.69, 9.17) is 0 Å². The van der Waals surface area contributed by atoms with Gasteiger partial charge in [-0.15, -0.1) is 0 Å². The fourth-order valence-corrected chi connectivity index (χ4v) is 3.47. The Labute approximate surface area is 145 Å². The van der Waals surface area contributed by atoms with E-state index in [0.29, 0.717) is 18.7 Å². The molecule has 1 unspecified atom stereocenters. The van der Waals surface area contributed by atoms with E-state index < -0.39 is 0 Å². The van der Waals surface area contributed by atoms with Gasteiger partial charge in [-0.25, -0.2) is 9.97 Å². The number of nitrogens with zero attached hydrogens (tertiary/aromatic N) is 6. The zero-order chi connectivity index (χ0) is 17.6. The molecular weight excluding hydrogens is 318 g/mol. The molecule has 25 heavy (non-hydrogen) atoms. The standard InChI is InChI=1S/C17H21N7O/c1-11-13-8-12(9-20-15(13)23(3)21-11)17(25)24-7-4-18-10-14(24)16-19-5-6-22(16)2/h5-6,8-9,14,18H,4,7,10H2,1-3H3. The van der Waals surface area contributed by atoms with Crippen LogP contribution in [0, 0.1) is 6.92 Å². The molecule has 0 bridgehead atoms. The number of aromatic nitrogens is 5. The van der Waals surface area contributed by atoms with E-state index in [9.17, 15) is 4.79 Å². The number of carbonyl (C=O) groups excluding carboxylic acids is 1. The fourth-order valence-electron chi connectivity index (χ4n) is 3.47. The number of rotatable bonds is 2. The van der Waals surface area contributed by atoms with Crippen LogP contribution in [0.4, 0.5) is 0 Å². The Balaban J connectivity index is 1.71. The Morgan fingerprint density at radius 2 is 2.16 bits per heavy atom. The Morgan fingerprint density at radius 1 is 1.32 bits per heavy atom. The number of imidazole rings is 1. The average molecular weight is 339 g/mol. The predicted octanol–water partition coefficient (Wildman–Crippen LogP) is 0.797. The van der Waals surface area contributed by atoms with Gasteiger partial charge < -0.3 is 14.8 Å². The summed E-state index contributed by atoms with van der Waals surface area (Å²) in [5.41, 5.74) is 2.25. The van der Waals surface area contributed by atoms with E-state index in [-0.39, 0.29) is 11.9 Å². The van der Waals surface area contributed by atoms with Crippen molar-refractivity contribution in [2.75, 3.05) is 19.6 Å². The minimum Gasteiger partial charge on any atom is -0.336 e. The molecule has 1 aliphatic heterocycles. The molecular formula is C17H21N7O. The SMILES string of the molecule is Cc1nn(C)c2ncc(C(=O)N3CCNCC3c3nccn3C)cc12. The van der Waals surface area contributed by atoms with Crippen molar-refractivity contribution in [3.05, 3.63) is 41.7 Å². The summed E-state index contributed by atoms with van der Waals surface area (Å²) in [5, 5.41) is 8.64. The summed E-state index contributed by atoms with van der Waals surface area (Å²) in [7, 11) is 3.81. The quantitative estimate of drug-likeness (QED) is 0.747. The average Bonchev–Trinajstić information content (AvgIpc) is 3.17. The summed E-state index contributed by atoms with van der Waals surface area (Å²) in [6.45, 7) is 4.03. The summed E-state index contributed by atoms with van der Waals surface area (Å²) in [6.07, 6.45) is 5.31. The first-order valence-electron chi connectivity index (χ1n) is 8.34. The van der Waals surface area contributed by atoms with Crippen molar-refractivity contribution in [3.63, 3.8) is 0 Å². The zero-order valence-electron chi connectivity index (χ0n) is 14.6. The maximum Gasteiger partial charge on any atom is 0.256 e. The summed E-state index contributed by atoms with van der Waals surface area (Å²) in [5.74, 6) is 0.860. The monoisotopic (exact) mass is 339 g/mol. The molecule has 0 aromatic carbocycles. The molecule has 1 fully saturated rings. The van der Waals surface area contributed by atoms with E-state index in [1.54, 1.807) is 17.1 Å². The van der Waals surface area contributed by atoms with Gasteiger partial charge in [-0.3, -0.25) is 9.48 Å². The number of nitrogens with one attached hydrogen (secondary N) is 1. The molecule has 1 saturated heterocycles. The third-order valence-corrected chi connectivity index (χ3v) is 4.77. The Morgan fingerprint density at radius 3 is 2.92 bits per heavy atom. The maximum absolute atomic E-state index is 13.2. The molecule has 0 spiro atoms. The third-order valence-electron chi connectivity index (χ3n) is 4.77. The first-order valence-corrected chi connectivity index (χ1v) is 8.34. The van der Waals surface area contributed by atoms with E-state index in [1.165, 1.54) is 0 Å². The van der Waals surface area contributed by atoms with Gasteiger partial charge in [-0.05, 0) is 13.0 Å². The zero-order valence-corrected chi connectivity index (χ0v) is 14.6. The highest BCUT2D eigenvalue weighted by Gasteiger charge is 2.31. The van der Waals surface area contributed by atoms with E-state index in [0.717, 1.165) is 29.1 Å². The van der Waals surface area contributed by atoms with Crippen LogP contribution in [-0.4, -0.2) is 54.8 Å². The van der Waals surface area contributed by atoms with Gasteiger partial charge in [-0.2, -0.15) is 5.10 Å². The van der Waals surface area contributed by atoms with Crippen molar-refractivity contribution in [1.82, 2.24) is 34.5 Å². The maximum atomic E-state index is 13.2. The van der Waals surface area contributed by atoms with E-state index in [1.807, 2.05) is 42.7 Å². The van der Waals surface area contributed by atoms with Gasteiger partial charge >= 0.3 is 0 Å². The minimum atomic E-state index is -0.0908. The van der Waals surface area contributed by atoms with Crippen LogP contribution >= 0.6 is 0 Å². The Kier molecular flexibility index (Phi) is 3.76. The molecule has 3 aromatic heterocycles. The number of hydrogen-bond donors (Lipinski definition) is 1. The lowest BCUT2D eigenvalue weighted by Crippen LogP contribution is -2.49. The molecule has 0 radical (unpaired) electrons. The lowest BCUT2D eigenvalue weighted by molar-refractivity contribution is 0.0620. The normalized spacial score (nSPS) is 18.0. The number of fused-ring (bicyclic) bond motifs is 1. The van der Waals surface area contributed by atoms with Crippen LogP contribution in [0.25, 0.3) is 11.0 Å². The number of carbonyl (C=O) groups is 1. The first-order chi connectivity index (χ1) is 12.1. The topological polar surface area (TPSA) is 80.9 Å². The van der Waals surface area contributed by atoms with Crippen molar-refractivity contribution in [1.29, 1.82) is 0 Å².